The third kappa shape index (κ3) is 4.68. The molecule has 1 amide bonds. The van der Waals surface area contributed by atoms with Gasteiger partial charge in [-0.3, -0.25) is 9.78 Å². The van der Waals surface area contributed by atoms with Crippen LogP contribution in [0.4, 0.5) is 0 Å². The largest absolute Gasteiger partial charge is 0.348 e. The van der Waals surface area contributed by atoms with Gasteiger partial charge in [0.2, 0.25) is 5.91 Å². The van der Waals surface area contributed by atoms with Gasteiger partial charge in [-0.05, 0) is 41.5 Å². The fourth-order valence-electron chi connectivity index (χ4n) is 1.59. The van der Waals surface area contributed by atoms with Gasteiger partial charge in [0.25, 0.3) is 0 Å². The lowest BCUT2D eigenvalue weighted by Crippen LogP contribution is -2.20. The first kappa shape index (κ1) is 14.6. The minimum Gasteiger partial charge on any atom is -0.348 e. The van der Waals surface area contributed by atoms with E-state index in [4.69, 9.17) is 23.2 Å². The molecule has 20 heavy (non-hydrogen) atoms. The van der Waals surface area contributed by atoms with E-state index in [1.807, 2.05) is 12.1 Å². The fraction of sp³-hybridized carbons (Fsp3) is 0.0667. The second kappa shape index (κ2) is 7.08. The van der Waals surface area contributed by atoms with E-state index in [0.717, 1.165) is 11.1 Å². The van der Waals surface area contributed by atoms with Crippen molar-refractivity contribution in [3.05, 3.63) is 70.0 Å². The first-order valence-corrected chi connectivity index (χ1v) is 6.70. The molecule has 1 N–H and O–H groups in total. The van der Waals surface area contributed by atoms with Crippen molar-refractivity contribution in [3.63, 3.8) is 0 Å². The van der Waals surface area contributed by atoms with Crippen LogP contribution < -0.4 is 5.32 Å². The summed E-state index contributed by atoms with van der Waals surface area (Å²) in [6.07, 6.45) is 6.50. The van der Waals surface area contributed by atoms with Crippen molar-refractivity contribution < 1.29 is 4.79 Å². The van der Waals surface area contributed by atoms with Crippen LogP contribution in [0, 0.1) is 0 Å². The molecule has 0 bridgehead atoms. The molecule has 0 unspecified atom stereocenters. The van der Waals surface area contributed by atoms with E-state index in [0.29, 0.717) is 16.6 Å². The van der Waals surface area contributed by atoms with Gasteiger partial charge < -0.3 is 5.32 Å². The maximum absolute atomic E-state index is 11.7. The van der Waals surface area contributed by atoms with Gasteiger partial charge in [0.05, 0.1) is 0 Å². The van der Waals surface area contributed by atoms with Gasteiger partial charge >= 0.3 is 0 Å². The standard InChI is InChI=1S/C15H12Cl2N2O/c16-13-6-11(7-14(17)8-13)3-4-15(20)19-10-12-2-1-5-18-9-12/h1-9H,10H2,(H,19,20)/b4-3+. The molecule has 0 saturated carbocycles. The van der Waals surface area contributed by atoms with Gasteiger partial charge in [-0.1, -0.05) is 29.3 Å². The summed E-state index contributed by atoms with van der Waals surface area (Å²) in [4.78, 5) is 15.7. The van der Waals surface area contributed by atoms with Crippen molar-refractivity contribution in [2.24, 2.45) is 0 Å². The first-order chi connectivity index (χ1) is 9.63. The molecule has 2 rings (SSSR count). The van der Waals surface area contributed by atoms with E-state index in [1.165, 1.54) is 6.08 Å². The number of benzene rings is 1. The fourth-order valence-corrected chi connectivity index (χ4v) is 2.14. The maximum Gasteiger partial charge on any atom is 0.244 e. The van der Waals surface area contributed by atoms with Crippen LogP contribution in [0.25, 0.3) is 6.08 Å². The molecule has 1 aromatic carbocycles. The van der Waals surface area contributed by atoms with E-state index in [-0.39, 0.29) is 5.91 Å². The van der Waals surface area contributed by atoms with Crippen molar-refractivity contribution in [1.29, 1.82) is 0 Å². The summed E-state index contributed by atoms with van der Waals surface area (Å²) >= 11 is 11.8. The van der Waals surface area contributed by atoms with Gasteiger partial charge in [-0.15, -0.1) is 0 Å². The van der Waals surface area contributed by atoms with Gasteiger partial charge in [-0.2, -0.15) is 0 Å². The highest BCUT2D eigenvalue weighted by Crippen LogP contribution is 2.19. The number of carbonyl (C=O) groups is 1. The Morgan fingerprint density at radius 1 is 1.25 bits per heavy atom. The lowest BCUT2D eigenvalue weighted by Gasteiger charge is -2.01. The molecule has 0 spiro atoms. The van der Waals surface area contributed by atoms with Crippen molar-refractivity contribution in [2.45, 2.75) is 6.54 Å². The van der Waals surface area contributed by atoms with Crippen LogP contribution in [0.2, 0.25) is 10.0 Å². The summed E-state index contributed by atoms with van der Waals surface area (Å²) in [7, 11) is 0. The van der Waals surface area contributed by atoms with Crippen LogP contribution in [0.1, 0.15) is 11.1 Å². The molecular formula is C15H12Cl2N2O. The molecule has 1 aromatic heterocycles. The number of amides is 1. The molecule has 0 aliphatic carbocycles. The molecule has 0 aliphatic heterocycles. The number of hydrogen-bond acceptors (Lipinski definition) is 2. The molecule has 0 saturated heterocycles. The second-order valence-electron chi connectivity index (χ2n) is 4.12. The van der Waals surface area contributed by atoms with Gasteiger partial charge in [0.1, 0.15) is 0 Å². The first-order valence-electron chi connectivity index (χ1n) is 5.94. The topological polar surface area (TPSA) is 42.0 Å². The summed E-state index contributed by atoms with van der Waals surface area (Å²) in [5.74, 6) is -0.190. The highest BCUT2D eigenvalue weighted by atomic mass is 35.5. The molecule has 5 heteroatoms. The van der Waals surface area contributed by atoms with Gasteiger partial charge in [-0.25, -0.2) is 0 Å². The Morgan fingerprint density at radius 2 is 2.00 bits per heavy atom. The van der Waals surface area contributed by atoms with Crippen molar-refractivity contribution in [1.82, 2.24) is 10.3 Å². The summed E-state index contributed by atoms with van der Waals surface area (Å²) in [5, 5.41) is 3.84. The van der Waals surface area contributed by atoms with Crippen LogP contribution >= 0.6 is 23.2 Å². The monoisotopic (exact) mass is 306 g/mol. The van der Waals surface area contributed by atoms with Crippen molar-refractivity contribution in [2.75, 3.05) is 0 Å². The summed E-state index contributed by atoms with van der Waals surface area (Å²) < 4.78 is 0. The predicted octanol–water partition coefficient (Wildman–Crippen LogP) is 3.72. The Morgan fingerprint density at radius 3 is 2.65 bits per heavy atom. The Balaban J connectivity index is 1.92. The highest BCUT2D eigenvalue weighted by Gasteiger charge is 1.98. The van der Waals surface area contributed by atoms with Crippen LogP contribution in [-0.2, 0) is 11.3 Å². The van der Waals surface area contributed by atoms with E-state index >= 15 is 0 Å². The molecule has 1 heterocycles. The van der Waals surface area contributed by atoms with Gasteiger partial charge in [0.15, 0.2) is 0 Å². The number of pyridine rings is 1. The van der Waals surface area contributed by atoms with E-state index in [9.17, 15) is 4.79 Å². The number of hydrogen-bond donors (Lipinski definition) is 1. The number of aromatic nitrogens is 1. The SMILES string of the molecule is O=C(/C=C/c1cc(Cl)cc(Cl)c1)NCc1cccnc1. The number of halogens is 2. The quantitative estimate of drug-likeness (QED) is 0.875. The number of nitrogens with one attached hydrogen (secondary N) is 1. The van der Waals surface area contributed by atoms with E-state index in [1.54, 1.807) is 36.7 Å². The average molecular weight is 307 g/mol. The lowest BCUT2D eigenvalue weighted by molar-refractivity contribution is -0.116. The number of carbonyl (C=O) groups excluding carboxylic acids is 1. The van der Waals surface area contributed by atoms with E-state index in [2.05, 4.69) is 10.3 Å². The van der Waals surface area contributed by atoms with Crippen LogP contribution in [-0.4, -0.2) is 10.9 Å². The molecule has 102 valence electrons. The minimum atomic E-state index is -0.190. The zero-order valence-corrected chi connectivity index (χ0v) is 12.0. The molecular weight excluding hydrogens is 295 g/mol. The molecule has 0 radical (unpaired) electrons. The van der Waals surface area contributed by atoms with Gasteiger partial charge in [0, 0.05) is 35.1 Å². The molecule has 0 atom stereocenters. The smallest absolute Gasteiger partial charge is 0.244 e. The summed E-state index contributed by atoms with van der Waals surface area (Å²) in [6, 6.07) is 8.83. The Kier molecular flexibility index (Phi) is 5.16. The molecule has 2 aromatic rings. The predicted molar refractivity (Wildman–Crippen MR) is 81.6 cm³/mol. The minimum absolute atomic E-state index is 0.190. The third-order valence-electron chi connectivity index (χ3n) is 2.50. The number of rotatable bonds is 4. The van der Waals surface area contributed by atoms with Crippen molar-refractivity contribution in [3.8, 4) is 0 Å². The lowest BCUT2D eigenvalue weighted by atomic mass is 10.2. The van der Waals surface area contributed by atoms with Crippen LogP contribution in [0.5, 0.6) is 0 Å². The molecule has 0 fully saturated rings. The normalized spacial score (nSPS) is 10.7. The zero-order valence-electron chi connectivity index (χ0n) is 10.5. The second-order valence-corrected chi connectivity index (χ2v) is 4.99. The third-order valence-corrected chi connectivity index (χ3v) is 2.94. The number of nitrogens with zero attached hydrogens (tertiary/aromatic N) is 1. The maximum atomic E-state index is 11.7. The Bertz CT molecular complexity index is 607. The van der Waals surface area contributed by atoms with Crippen molar-refractivity contribution >= 4 is 35.2 Å². The zero-order chi connectivity index (χ0) is 14.4. The Labute approximate surface area is 127 Å². The van der Waals surface area contributed by atoms with Crippen LogP contribution in [0.15, 0.2) is 48.8 Å². The highest BCUT2D eigenvalue weighted by molar-refractivity contribution is 6.34. The molecule has 3 nitrogen and oxygen atoms in total. The average Bonchev–Trinajstić information content (AvgIpc) is 2.43. The summed E-state index contributed by atoms with van der Waals surface area (Å²) in [6.45, 7) is 0.438. The summed E-state index contributed by atoms with van der Waals surface area (Å²) in [5.41, 5.74) is 1.72. The molecule has 0 aliphatic rings. The van der Waals surface area contributed by atoms with E-state index < -0.39 is 0 Å². The van der Waals surface area contributed by atoms with Crippen LogP contribution in [0.3, 0.4) is 0 Å². The Hall–Kier alpha value is -1.84.